The van der Waals surface area contributed by atoms with E-state index in [9.17, 15) is 14.0 Å². The van der Waals surface area contributed by atoms with Crippen molar-refractivity contribution in [3.63, 3.8) is 0 Å². The van der Waals surface area contributed by atoms with Gasteiger partial charge in [0.1, 0.15) is 11.2 Å². The summed E-state index contributed by atoms with van der Waals surface area (Å²) in [6, 6.07) is 6.21. The third-order valence-corrected chi connectivity index (χ3v) is 3.02. The number of rotatable bonds is 4. The Morgan fingerprint density at radius 3 is 2.14 bits per heavy atom. The number of carbonyl (C=O) groups is 2. The van der Waals surface area contributed by atoms with Crippen molar-refractivity contribution in [3.05, 3.63) is 35.6 Å². The maximum absolute atomic E-state index is 13.5. The van der Waals surface area contributed by atoms with E-state index in [4.69, 9.17) is 0 Å². The second kappa shape index (κ2) is 6.24. The zero-order valence-corrected chi connectivity index (χ0v) is 13.2. The molecule has 0 unspecified atom stereocenters. The van der Waals surface area contributed by atoms with E-state index in [1.807, 2.05) is 20.8 Å². The van der Waals surface area contributed by atoms with Crippen LogP contribution in [0.5, 0.6) is 0 Å². The Morgan fingerprint density at radius 1 is 1.05 bits per heavy atom. The van der Waals surface area contributed by atoms with E-state index >= 15 is 0 Å². The normalized spacial score (nSPS) is 11.9. The Labute approximate surface area is 125 Å². The fourth-order valence-corrected chi connectivity index (χ4v) is 1.64. The Kier molecular flexibility index (Phi) is 5.10. The molecule has 0 aliphatic carbocycles. The van der Waals surface area contributed by atoms with Gasteiger partial charge in [-0.25, -0.2) is 4.39 Å². The van der Waals surface area contributed by atoms with E-state index in [2.05, 4.69) is 10.6 Å². The fourth-order valence-electron chi connectivity index (χ4n) is 1.64. The summed E-state index contributed by atoms with van der Waals surface area (Å²) in [7, 11) is 0. The van der Waals surface area contributed by atoms with Crippen LogP contribution in [0, 0.1) is 11.2 Å². The number of hydrogen-bond donors (Lipinski definition) is 2. The summed E-state index contributed by atoms with van der Waals surface area (Å²) in [6.07, 6.45) is 0. The Hall–Kier alpha value is -1.91. The van der Waals surface area contributed by atoms with Gasteiger partial charge in [0.05, 0.1) is 0 Å². The summed E-state index contributed by atoms with van der Waals surface area (Å²) in [4.78, 5) is 24.3. The monoisotopic (exact) mass is 294 g/mol. The van der Waals surface area contributed by atoms with Gasteiger partial charge in [-0.15, -0.1) is 0 Å². The minimum absolute atomic E-state index is 0.0533. The van der Waals surface area contributed by atoms with Crippen molar-refractivity contribution in [1.82, 2.24) is 10.6 Å². The van der Waals surface area contributed by atoms with Crippen LogP contribution in [0.4, 0.5) is 4.39 Å². The Morgan fingerprint density at radius 2 is 1.62 bits per heavy atom. The van der Waals surface area contributed by atoms with E-state index in [0.717, 1.165) is 0 Å². The fraction of sp³-hybridized carbons (Fsp3) is 0.500. The predicted molar refractivity (Wildman–Crippen MR) is 79.9 cm³/mol. The van der Waals surface area contributed by atoms with Gasteiger partial charge in [-0.1, -0.05) is 18.2 Å². The first-order valence-electron chi connectivity index (χ1n) is 6.88. The smallest absolute Gasteiger partial charge is 0.235 e. The van der Waals surface area contributed by atoms with Crippen molar-refractivity contribution in [2.45, 2.75) is 46.7 Å². The number of carbonyl (C=O) groups excluding carboxylic acids is 2. The number of halogens is 1. The lowest BCUT2D eigenvalue weighted by Crippen LogP contribution is -2.52. The number of hydrogen-bond acceptors (Lipinski definition) is 2. The molecule has 0 aromatic heterocycles. The van der Waals surface area contributed by atoms with Gasteiger partial charge in [0.25, 0.3) is 0 Å². The highest BCUT2D eigenvalue weighted by Crippen LogP contribution is 2.18. The van der Waals surface area contributed by atoms with Gasteiger partial charge in [0.15, 0.2) is 0 Å². The van der Waals surface area contributed by atoms with Crippen LogP contribution in [0.2, 0.25) is 0 Å². The highest BCUT2D eigenvalue weighted by Gasteiger charge is 2.37. The summed E-state index contributed by atoms with van der Waals surface area (Å²) in [5.74, 6) is -1.18. The highest BCUT2D eigenvalue weighted by molar-refractivity contribution is 6.04. The second-order valence-electron chi connectivity index (χ2n) is 6.60. The maximum atomic E-state index is 13.5. The molecule has 1 aromatic rings. The molecule has 5 heteroatoms. The van der Waals surface area contributed by atoms with Crippen LogP contribution < -0.4 is 10.6 Å². The van der Waals surface area contributed by atoms with E-state index in [1.165, 1.54) is 6.07 Å². The maximum Gasteiger partial charge on any atom is 0.235 e. The van der Waals surface area contributed by atoms with Crippen molar-refractivity contribution in [3.8, 4) is 0 Å². The molecule has 0 fully saturated rings. The first-order chi connectivity index (χ1) is 9.54. The van der Waals surface area contributed by atoms with E-state index in [0.29, 0.717) is 5.56 Å². The molecule has 0 bridgehead atoms. The topological polar surface area (TPSA) is 58.2 Å². The van der Waals surface area contributed by atoms with Gasteiger partial charge < -0.3 is 10.6 Å². The lowest BCUT2D eigenvalue weighted by Gasteiger charge is -2.28. The van der Waals surface area contributed by atoms with Crippen molar-refractivity contribution in [1.29, 1.82) is 0 Å². The third kappa shape index (κ3) is 4.85. The Bertz CT molecular complexity index is 533. The van der Waals surface area contributed by atoms with Crippen molar-refractivity contribution >= 4 is 11.8 Å². The van der Waals surface area contributed by atoms with Crippen LogP contribution in [0.25, 0.3) is 0 Å². The molecule has 4 nitrogen and oxygen atoms in total. The first-order valence-corrected chi connectivity index (χ1v) is 6.88. The zero-order chi connectivity index (χ0) is 16.3. The average Bonchev–Trinajstić information content (AvgIpc) is 2.35. The molecule has 2 N–H and O–H groups in total. The van der Waals surface area contributed by atoms with Gasteiger partial charge >= 0.3 is 0 Å². The molecule has 0 atom stereocenters. The molecule has 0 heterocycles. The number of nitrogens with one attached hydrogen (secondary N) is 2. The molecule has 0 aliphatic rings. The summed E-state index contributed by atoms with van der Waals surface area (Å²) < 4.78 is 13.5. The molecule has 0 radical (unpaired) electrons. The molecule has 21 heavy (non-hydrogen) atoms. The van der Waals surface area contributed by atoms with Gasteiger partial charge in [-0.3, -0.25) is 9.59 Å². The summed E-state index contributed by atoms with van der Waals surface area (Å²) in [6.45, 7) is 8.68. The van der Waals surface area contributed by atoms with Crippen molar-refractivity contribution in [2.24, 2.45) is 5.41 Å². The van der Waals surface area contributed by atoms with Crippen molar-refractivity contribution in [2.75, 3.05) is 0 Å². The summed E-state index contributed by atoms with van der Waals surface area (Å²) in [5.41, 5.74) is -1.25. The quantitative estimate of drug-likeness (QED) is 0.838. The zero-order valence-electron chi connectivity index (χ0n) is 13.2. The molecular formula is C16H23FN2O2. The molecule has 116 valence electrons. The minimum Gasteiger partial charge on any atom is -0.351 e. The third-order valence-electron chi connectivity index (χ3n) is 3.02. The van der Waals surface area contributed by atoms with Gasteiger partial charge in [0.2, 0.25) is 11.8 Å². The molecule has 0 spiro atoms. The highest BCUT2D eigenvalue weighted by atomic mass is 19.1. The van der Waals surface area contributed by atoms with Crippen LogP contribution in [0.1, 0.15) is 40.2 Å². The molecule has 0 saturated carbocycles. The van der Waals surface area contributed by atoms with Gasteiger partial charge in [0, 0.05) is 17.6 Å². The molecule has 2 amide bonds. The molecule has 1 aromatic carbocycles. The summed E-state index contributed by atoms with van der Waals surface area (Å²) >= 11 is 0. The molecule has 0 aliphatic heterocycles. The van der Waals surface area contributed by atoms with Crippen molar-refractivity contribution < 1.29 is 14.0 Å². The van der Waals surface area contributed by atoms with E-state index in [1.54, 1.807) is 32.0 Å². The second-order valence-corrected chi connectivity index (χ2v) is 6.60. The molecule has 0 saturated heterocycles. The SMILES string of the molecule is CC(C)(C)NC(=O)C(C)(C)C(=O)NCc1ccccc1F. The van der Waals surface area contributed by atoms with Gasteiger partial charge in [-0.05, 0) is 40.7 Å². The summed E-state index contributed by atoms with van der Waals surface area (Å²) in [5, 5.41) is 5.38. The largest absolute Gasteiger partial charge is 0.351 e. The van der Waals surface area contributed by atoms with Crippen LogP contribution >= 0.6 is 0 Å². The lowest BCUT2D eigenvalue weighted by atomic mass is 9.89. The first kappa shape index (κ1) is 17.1. The van der Waals surface area contributed by atoms with E-state index < -0.39 is 16.9 Å². The van der Waals surface area contributed by atoms with E-state index in [-0.39, 0.29) is 18.3 Å². The standard InChI is InChI=1S/C16H23FN2O2/c1-15(2,3)19-14(21)16(4,5)13(20)18-10-11-8-6-7-9-12(11)17/h6-9H,10H2,1-5H3,(H,18,20)(H,19,21). The van der Waals surface area contributed by atoms with Crippen LogP contribution in [-0.2, 0) is 16.1 Å². The van der Waals surface area contributed by atoms with Crippen LogP contribution in [0.15, 0.2) is 24.3 Å². The van der Waals surface area contributed by atoms with Crippen LogP contribution in [-0.4, -0.2) is 17.4 Å². The van der Waals surface area contributed by atoms with Gasteiger partial charge in [-0.2, -0.15) is 0 Å². The number of benzene rings is 1. The molecule has 1 rings (SSSR count). The molecular weight excluding hydrogens is 271 g/mol. The van der Waals surface area contributed by atoms with Crippen LogP contribution in [0.3, 0.4) is 0 Å². The predicted octanol–water partition coefficient (Wildman–Crippen LogP) is 2.38. The minimum atomic E-state index is -1.22. The average molecular weight is 294 g/mol. The lowest BCUT2D eigenvalue weighted by molar-refractivity contribution is -0.142. The number of amides is 2. The Balaban J connectivity index is 2.70.